The van der Waals surface area contributed by atoms with Crippen molar-refractivity contribution in [3.8, 4) is 0 Å². The van der Waals surface area contributed by atoms with E-state index >= 15 is 0 Å². The summed E-state index contributed by atoms with van der Waals surface area (Å²) in [6.45, 7) is 7.55. The Labute approximate surface area is 88.8 Å². The second-order valence-electron chi connectivity index (χ2n) is 2.97. The van der Waals surface area contributed by atoms with Gasteiger partial charge >= 0.3 is 0 Å². The van der Waals surface area contributed by atoms with Gasteiger partial charge in [0.1, 0.15) is 5.78 Å². The molecule has 90 valence electrons. The third-order valence-corrected chi connectivity index (χ3v) is 1.21. The SMILES string of the molecule is CC(C)=O.CCCCCCC.CO.O. The van der Waals surface area contributed by atoms with Crippen LogP contribution in [0.1, 0.15) is 59.8 Å². The average Bonchev–Trinajstić information content (AvgIpc) is 2.08. The molecule has 3 nitrogen and oxygen atoms in total. The normalized spacial score (nSPS) is 7.00. The van der Waals surface area contributed by atoms with Gasteiger partial charge in [0.05, 0.1) is 0 Å². The highest BCUT2D eigenvalue weighted by molar-refractivity contribution is 5.72. The first-order valence-corrected chi connectivity index (χ1v) is 5.07. The number of rotatable bonds is 4. The van der Waals surface area contributed by atoms with Crippen LogP contribution in [0.25, 0.3) is 0 Å². The quantitative estimate of drug-likeness (QED) is 0.720. The maximum Gasteiger partial charge on any atom is 0.126 e. The highest BCUT2D eigenvalue weighted by Gasteiger charge is 1.80. The van der Waals surface area contributed by atoms with E-state index in [1.165, 1.54) is 46.0 Å². The van der Waals surface area contributed by atoms with E-state index in [1.807, 2.05) is 0 Å². The van der Waals surface area contributed by atoms with Crippen molar-refractivity contribution in [1.29, 1.82) is 0 Å². The Kier molecular flexibility index (Phi) is 49.1. The number of ketones is 1. The predicted octanol–water partition coefficient (Wildman–Crippen LogP) is 2.36. The van der Waals surface area contributed by atoms with Gasteiger partial charge in [-0.15, -0.1) is 0 Å². The van der Waals surface area contributed by atoms with Gasteiger partial charge in [-0.05, 0) is 13.8 Å². The van der Waals surface area contributed by atoms with Crippen LogP contribution in [0.15, 0.2) is 0 Å². The summed E-state index contributed by atoms with van der Waals surface area (Å²) >= 11 is 0. The molecular weight excluding hydrogens is 180 g/mol. The summed E-state index contributed by atoms with van der Waals surface area (Å²) in [4.78, 5) is 9.44. The smallest absolute Gasteiger partial charge is 0.126 e. The lowest BCUT2D eigenvalue weighted by Gasteiger charge is -1.90. The van der Waals surface area contributed by atoms with Crippen molar-refractivity contribution < 1.29 is 15.4 Å². The molecule has 0 amide bonds. The molecule has 3 N–H and O–H groups in total. The van der Waals surface area contributed by atoms with Crippen LogP contribution in [0.5, 0.6) is 0 Å². The molecule has 0 aromatic heterocycles. The Morgan fingerprint density at radius 2 is 1.14 bits per heavy atom. The first kappa shape index (κ1) is 23.4. The Bertz CT molecular complexity index is 74.6. The van der Waals surface area contributed by atoms with E-state index in [0.717, 1.165) is 7.11 Å². The van der Waals surface area contributed by atoms with Gasteiger partial charge in [-0.3, -0.25) is 0 Å². The molecule has 3 heteroatoms. The molecule has 0 unspecified atom stereocenters. The van der Waals surface area contributed by atoms with Crippen molar-refractivity contribution in [3.63, 3.8) is 0 Å². The van der Waals surface area contributed by atoms with Crippen LogP contribution in [0.2, 0.25) is 0 Å². The van der Waals surface area contributed by atoms with Crippen LogP contribution >= 0.6 is 0 Å². The zero-order chi connectivity index (χ0) is 11.1. The molecule has 0 heterocycles. The van der Waals surface area contributed by atoms with Crippen molar-refractivity contribution in [2.75, 3.05) is 7.11 Å². The van der Waals surface area contributed by atoms with Gasteiger partial charge in [-0.25, -0.2) is 0 Å². The topological polar surface area (TPSA) is 68.8 Å². The highest BCUT2D eigenvalue weighted by atomic mass is 16.2. The van der Waals surface area contributed by atoms with Crippen LogP contribution < -0.4 is 0 Å². The van der Waals surface area contributed by atoms with Gasteiger partial charge in [0.25, 0.3) is 0 Å². The fourth-order valence-corrected chi connectivity index (χ4v) is 0.677. The number of aliphatic hydroxyl groups is 1. The molecule has 0 aromatic carbocycles. The van der Waals surface area contributed by atoms with Crippen LogP contribution in [0, 0.1) is 0 Å². The lowest BCUT2D eigenvalue weighted by molar-refractivity contribution is -0.114. The predicted molar refractivity (Wildman–Crippen MR) is 62.5 cm³/mol. The number of carbonyl (C=O) groups is 1. The standard InChI is InChI=1S/C7H16.C3H6O.CH4O.H2O/c1-3-5-7-6-4-2;1-3(2)4;1-2;/h3-7H2,1-2H3;1-2H3;2H,1H3;1H2. The summed E-state index contributed by atoms with van der Waals surface area (Å²) < 4.78 is 0. The minimum absolute atomic E-state index is 0. The maximum absolute atomic E-state index is 9.44. The molecule has 0 saturated heterocycles. The summed E-state index contributed by atoms with van der Waals surface area (Å²) in [7, 11) is 1.00. The van der Waals surface area contributed by atoms with Crippen molar-refractivity contribution in [1.82, 2.24) is 0 Å². The second-order valence-corrected chi connectivity index (χ2v) is 2.97. The Morgan fingerprint density at radius 3 is 1.29 bits per heavy atom. The van der Waals surface area contributed by atoms with E-state index in [0.29, 0.717) is 0 Å². The zero-order valence-electron chi connectivity index (χ0n) is 10.4. The van der Waals surface area contributed by atoms with Crippen molar-refractivity contribution in [2.24, 2.45) is 0 Å². The molecule has 0 saturated carbocycles. The molecule has 14 heavy (non-hydrogen) atoms. The Hall–Kier alpha value is -0.410. The fraction of sp³-hybridized carbons (Fsp3) is 0.909. The van der Waals surface area contributed by atoms with Crippen molar-refractivity contribution in [3.05, 3.63) is 0 Å². The lowest BCUT2D eigenvalue weighted by atomic mass is 10.2. The van der Waals surface area contributed by atoms with Gasteiger partial charge < -0.3 is 15.4 Å². The summed E-state index contributed by atoms with van der Waals surface area (Å²) in [5, 5.41) is 7.00. The fourth-order valence-electron chi connectivity index (χ4n) is 0.677. The summed E-state index contributed by atoms with van der Waals surface area (Å²) in [5.41, 5.74) is 0. The molecule has 0 aromatic rings. The largest absolute Gasteiger partial charge is 0.412 e. The third-order valence-electron chi connectivity index (χ3n) is 1.21. The zero-order valence-corrected chi connectivity index (χ0v) is 10.4. The van der Waals surface area contributed by atoms with E-state index in [4.69, 9.17) is 5.11 Å². The number of aliphatic hydroxyl groups excluding tert-OH is 1. The average molecular weight is 208 g/mol. The van der Waals surface area contributed by atoms with E-state index in [1.54, 1.807) is 0 Å². The maximum atomic E-state index is 9.44. The molecule has 0 bridgehead atoms. The molecular formula is C11H28O3. The Morgan fingerprint density at radius 1 is 0.929 bits per heavy atom. The first-order chi connectivity index (χ1) is 6.15. The first-order valence-electron chi connectivity index (χ1n) is 5.07. The highest BCUT2D eigenvalue weighted by Crippen LogP contribution is 2.00. The van der Waals surface area contributed by atoms with E-state index < -0.39 is 0 Å². The molecule has 0 atom stereocenters. The van der Waals surface area contributed by atoms with E-state index in [-0.39, 0.29) is 11.3 Å². The monoisotopic (exact) mass is 208 g/mol. The van der Waals surface area contributed by atoms with Crippen molar-refractivity contribution >= 4 is 5.78 Å². The van der Waals surface area contributed by atoms with Gasteiger partial charge in [-0.2, -0.15) is 0 Å². The molecule has 0 spiro atoms. The summed E-state index contributed by atoms with van der Waals surface area (Å²) in [5.74, 6) is 0.167. The summed E-state index contributed by atoms with van der Waals surface area (Å²) in [6, 6.07) is 0. The van der Waals surface area contributed by atoms with Crippen LogP contribution in [-0.4, -0.2) is 23.5 Å². The second kappa shape index (κ2) is 29.4. The molecule has 0 radical (unpaired) electrons. The number of carbonyl (C=O) groups excluding carboxylic acids is 1. The minimum atomic E-state index is 0. The van der Waals surface area contributed by atoms with E-state index in [2.05, 4.69) is 13.8 Å². The van der Waals surface area contributed by atoms with Crippen molar-refractivity contribution in [2.45, 2.75) is 59.8 Å². The van der Waals surface area contributed by atoms with Gasteiger partial charge in [0, 0.05) is 7.11 Å². The number of hydrogen-bond donors (Lipinski definition) is 1. The van der Waals surface area contributed by atoms with Crippen LogP contribution in [0.4, 0.5) is 0 Å². The van der Waals surface area contributed by atoms with Gasteiger partial charge in [-0.1, -0.05) is 46.0 Å². The minimum Gasteiger partial charge on any atom is -0.412 e. The third kappa shape index (κ3) is 101. The van der Waals surface area contributed by atoms with Gasteiger partial charge in [0.15, 0.2) is 0 Å². The van der Waals surface area contributed by atoms with Crippen LogP contribution in [0.3, 0.4) is 0 Å². The molecule has 0 aliphatic rings. The van der Waals surface area contributed by atoms with Gasteiger partial charge in [0.2, 0.25) is 0 Å². The number of Topliss-reactive ketones (excluding diaryl/α,β-unsaturated/α-hetero) is 1. The summed E-state index contributed by atoms with van der Waals surface area (Å²) in [6.07, 6.45) is 7.01. The molecule has 0 aliphatic heterocycles. The Balaban J connectivity index is -0.0000000620. The lowest BCUT2D eigenvalue weighted by Crippen LogP contribution is -1.70. The number of hydrogen-bond acceptors (Lipinski definition) is 2. The van der Waals surface area contributed by atoms with Crippen LogP contribution in [-0.2, 0) is 4.79 Å². The molecule has 0 rings (SSSR count). The molecule has 0 aliphatic carbocycles. The number of unbranched alkanes of at least 4 members (excludes halogenated alkanes) is 4. The van der Waals surface area contributed by atoms with E-state index in [9.17, 15) is 4.79 Å². The molecule has 0 fully saturated rings.